The molecule has 0 radical (unpaired) electrons. The van der Waals surface area contributed by atoms with Gasteiger partial charge in [0.2, 0.25) is 11.8 Å². The molecule has 0 heterocycles. The molecule has 1 unspecified atom stereocenters. The zero-order valence-electron chi connectivity index (χ0n) is 23.5. The van der Waals surface area contributed by atoms with Crippen LogP contribution in [-0.4, -0.2) is 60.8 Å². The van der Waals surface area contributed by atoms with Crippen molar-refractivity contribution in [2.24, 2.45) is 0 Å². The normalized spacial score (nSPS) is 13.4. The van der Waals surface area contributed by atoms with Gasteiger partial charge in [-0.2, -0.15) is 8.78 Å². The molecule has 3 N–H and O–H groups in total. The van der Waals surface area contributed by atoms with Crippen molar-refractivity contribution in [1.29, 1.82) is 0 Å². The van der Waals surface area contributed by atoms with Crippen LogP contribution in [0.15, 0.2) is 60.7 Å². The largest absolute Gasteiger partial charge is 0.459 e. The third kappa shape index (κ3) is 13.2. The molecule has 41 heavy (non-hydrogen) atoms. The molecule has 0 aliphatic rings. The van der Waals surface area contributed by atoms with Crippen LogP contribution in [0.4, 0.5) is 13.6 Å². The summed E-state index contributed by atoms with van der Waals surface area (Å²) in [4.78, 5) is 50.9. The van der Waals surface area contributed by atoms with E-state index in [2.05, 4.69) is 20.7 Å². The lowest BCUT2D eigenvalue weighted by molar-refractivity contribution is -0.161. The highest BCUT2D eigenvalue weighted by molar-refractivity contribution is 5.92. The van der Waals surface area contributed by atoms with E-state index >= 15 is 0 Å². The van der Waals surface area contributed by atoms with E-state index in [1.807, 2.05) is 30.3 Å². The molecule has 0 saturated carbocycles. The number of carbonyl (C=O) groups excluding carboxylic acids is 4. The molecule has 0 spiro atoms. The van der Waals surface area contributed by atoms with Gasteiger partial charge in [-0.1, -0.05) is 60.7 Å². The monoisotopic (exact) mass is 577 g/mol. The van der Waals surface area contributed by atoms with Gasteiger partial charge in [-0.15, -0.1) is 0 Å². The van der Waals surface area contributed by atoms with Crippen molar-refractivity contribution in [3.05, 3.63) is 71.8 Å². The molecule has 0 bridgehead atoms. The first-order valence-corrected chi connectivity index (χ1v) is 13.1. The molecule has 12 heteroatoms. The molecule has 2 aromatic carbocycles. The van der Waals surface area contributed by atoms with Gasteiger partial charge < -0.3 is 30.2 Å². The fourth-order valence-electron chi connectivity index (χ4n) is 3.52. The van der Waals surface area contributed by atoms with Crippen LogP contribution in [0.25, 0.3) is 0 Å². The predicted molar refractivity (Wildman–Crippen MR) is 146 cm³/mol. The lowest BCUT2D eigenvalue weighted by Crippen LogP contribution is -2.56. The summed E-state index contributed by atoms with van der Waals surface area (Å²) >= 11 is 0. The van der Waals surface area contributed by atoms with E-state index in [-0.39, 0.29) is 13.0 Å². The Kier molecular flexibility index (Phi) is 13.1. The van der Waals surface area contributed by atoms with Crippen molar-refractivity contribution in [2.45, 2.75) is 77.5 Å². The molecule has 224 valence electrons. The average Bonchev–Trinajstić information content (AvgIpc) is 2.91. The number of halogens is 2. The van der Waals surface area contributed by atoms with E-state index in [0.29, 0.717) is 12.0 Å². The fourth-order valence-corrected chi connectivity index (χ4v) is 3.52. The third-order valence-corrected chi connectivity index (χ3v) is 5.54. The molecular weight excluding hydrogens is 540 g/mol. The van der Waals surface area contributed by atoms with Crippen molar-refractivity contribution >= 4 is 23.9 Å². The second-order valence-electron chi connectivity index (χ2n) is 10.2. The number of benzene rings is 2. The molecule has 0 aliphatic carbocycles. The summed E-state index contributed by atoms with van der Waals surface area (Å²) in [7, 11) is 0. The fraction of sp³-hybridized carbons (Fsp3) is 0.448. The van der Waals surface area contributed by atoms with E-state index in [9.17, 15) is 28.0 Å². The van der Waals surface area contributed by atoms with Crippen LogP contribution in [0.5, 0.6) is 0 Å². The van der Waals surface area contributed by atoms with E-state index in [4.69, 9.17) is 9.47 Å². The summed E-state index contributed by atoms with van der Waals surface area (Å²) in [5.41, 5.74) is 0.778. The Balaban J connectivity index is 2.04. The first kappa shape index (κ1) is 33.1. The first-order chi connectivity index (χ1) is 19.3. The number of aryl methyl sites for hydroxylation is 1. The maximum atomic E-state index is 13.1. The quantitative estimate of drug-likeness (QED) is 0.293. The predicted octanol–water partition coefficient (Wildman–Crippen LogP) is 3.48. The van der Waals surface area contributed by atoms with Gasteiger partial charge in [-0.3, -0.25) is 9.59 Å². The number of carbonyl (C=O) groups is 4. The van der Waals surface area contributed by atoms with Gasteiger partial charge in [0.1, 0.15) is 24.3 Å². The Morgan fingerprint density at radius 2 is 1.39 bits per heavy atom. The van der Waals surface area contributed by atoms with Gasteiger partial charge in [0.05, 0.1) is 6.61 Å². The zero-order valence-corrected chi connectivity index (χ0v) is 23.5. The van der Waals surface area contributed by atoms with Crippen LogP contribution < -0.4 is 16.0 Å². The second-order valence-corrected chi connectivity index (χ2v) is 10.2. The van der Waals surface area contributed by atoms with Crippen LogP contribution in [0, 0.1) is 0 Å². The van der Waals surface area contributed by atoms with Gasteiger partial charge in [0.15, 0.2) is 6.04 Å². The minimum Gasteiger partial charge on any atom is -0.459 e. The molecule has 0 aromatic heterocycles. The summed E-state index contributed by atoms with van der Waals surface area (Å²) in [5.74, 6) is -2.52. The standard InChI is InChI=1S/C29H37F2N3O7/c1-19(24(35)33-23(18-40-27(30)31)26(37)39-17-21-13-9-6-10-14-21)32-25(36)22(34-28(38)41-29(2,3)4)16-15-20-11-7-5-8-12-20/h5-14,19,22-23,27H,15-18H2,1-4H3,(H,32,36)(H,33,35)(H,34,38)/t19?,22-,23-/m0/s1. The van der Waals surface area contributed by atoms with Crippen molar-refractivity contribution in [2.75, 3.05) is 6.61 Å². The number of rotatable bonds is 14. The number of nitrogens with one attached hydrogen (secondary N) is 3. The van der Waals surface area contributed by atoms with Crippen LogP contribution in [0.1, 0.15) is 45.2 Å². The van der Waals surface area contributed by atoms with Crippen LogP contribution >= 0.6 is 0 Å². The smallest absolute Gasteiger partial charge is 0.408 e. The van der Waals surface area contributed by atoms with Crippen molar-refractivity contribution < 1.29 is 42.2 Å². The minimum atomic E-state index is -3.18. The second kappa shape index (κ2) is 16.3. The minimum absolute atomic E-state index is 0.146. The summed E-state index contributed by atoms with van der Waals surface area (Å²) in [6.07, 6.45) is -0.177. The van der Waals surface area contributed by atoms with Crippen molar-refractivity contribution in [1.82, 2.24) is 16.0 Å². The maximum Gasteiger partial charge on any atom is 0.408 e. The molecule has 0 saturated heterocycles. The molecule has 3 atom stereocenters. The Morgan fingerprint density at radius 1 is 0.805 bits per heavy atom. The Bertz CT molecular complexity index is 1130. The Morgan fingerprint density at radius 3 is 1.95 bits per heavy atom. The molecule has 2 aromatic rings. The molecule has 2 rings (SSSR count). The van der Waals surface area contributed by atoms with E-state index < -0.39 is 60.8 Å². The highest BCUT2D eigenvalue weighted by atomic mass is 19.3. The molecule has 0 aliphatic heterocycles. The average molecular weight is 578 g/mol. The molecule has 0 fully saturated rings. The number of esters is 1. The maximum absolute atomic E-state index is 13.1. The number of ether oxygens (including phenoxy) is 3. The van der Waals surface area contributed by atoms with Gasteiger partial charge >= 0.3 is 18.7 Å². The van der Waals surface area contributed by atoms with Gasteiger partial charge in [0.25, 0.3) is 0 Å². The molecule has 3 amide bonds. The van der Waals surface area contributed by atoms with Crippen molar-refractivity contribution in [3.63, 3.8) is 0 Å². The third-order valence-electron chi connectivity index (χ3n) is 5.54. The number of hydrogen-bond donors (Lipinski definition) is 3. The number of amides is 3. The number of hydrogen-bond acceptors (Lipinski definition) is 7. The first-order valence-electron chi connectivity index (χ1n) is 13.1. The van der Waals surface area contributed by atoms with Crippen molar-refractivity contribution in [3.8, 4) is 0 Å². The highest BCUT2D eigenvalue weighted by Crippen LogP contribution is 2.10. The number of alkyl halides is 2. The highest BCUT2D eigenvalue weighted by Gasteiger charge is 2.30. The van der Waals surface area contributed by atoms with Crippen LogP contribution in [0.3, 0.4) is 0 Å². The van der Waals surface area contributed by atoms with Crippen LogP contribution in [0.2, 0.25) is 0 Å². The zero-order chi connectivity index (χ0) is 30.4. The topological polar surface area (TPSA) is 132 Å². The SMILES string of the molecule is CC(NC(=O)[C@H](CCc1ccccc1)NC(=O)OC(C)(C)C)C(=O)N[C@@H](COC(F)F)C(=O)OCc1ccccc1. The van der Waals surface area contributed by atoms with Gasteiger partial charge in [-0.25, -0.2) is 9.59 Å². The summed E-state index contributed by atoms with van der Waals surface area (Å²) in [6.45, 7) is 2.20. The lowest BCUT2D eigenvalue weighted by atomic mass is 10.0. The van der Waals surface area contributed by atoms with Gasteiger partial charge in [0, 0.05) is 0 Å². The molecule has 10 nitrogen and oxygen atoms in total. The van der Waals surface area contributed by atoms with E-state index in [1.165, 1.54) is 6.92 Å². The number of alkyl carbamates (subject to hydrolysis) is 1. The summed E-state index contributed by atoms with van der Waals surface area (Å²) in [5, 5.41) is 7.30. The Labute approximate surface area is 238 Å². The summed E-state index contributed by atoms with van der Waals surface area (Å²) < 4.78 is 40.0. The lowest BCUT2D eigenvalue weighted by Gasteiger charge is -2.25. The van der Waals surface area contributed by atoms with E-state index in [0.717, 1.165) is 5.56 Å². The van der Waals surface area contributed by atoms with Crippen LogP contribution in [-0.2, 0) is 41.6 Å². The summed E-state index contributed by atoms with van der Waals surface area (Å²) in [6, 6.07) is 14.1. The molecular formula is C29H37F2N3O7. The Hall–Kier alpha value is -4.06. The van der Waals surface area contributed by atoms with E-state index in [1.54, 1.807) is 51.1 Å². The van der Waals surface area contributed by atoms with Gasteiger partial charge in [-0.05, 0) is 51.7 Å².